The summed E-state index contributed by atoms with van der Waals surface area (Å²) in [5.41, 5.74) is 2.58. The number of ketones is 1. The number of aromatic nitrogens is 1. The summed E-state index contributed by atoms with van der Waals surface area (Å²) >= 11 is 0. The highest BCUT2D eigenvalue weighted by Crippen LogP contribution is 2.27. The van der Waals surface area contributed by atoms with Gasteiger partial charge in [-0.15, -0.1) is 0 Å². The van der Waals surface area contributed by atoms with E-state index in [9.17, 15) is 19.7 Å². The molecule has 1 aromatic heterocycles. The maximum absolute atomic E-state index is 12.7. The molecule has 1 saturated heterocycles. The van der Waals surface area contributed by atoms with Gasteiger partial charge in [-0.1, -0.05) is 0 Å². The molecule has 0 unspecified atom stereocenters. The molecule has 1 aliphatic heterocycles. The summed E-state index contributed by atoms with van der Waals surface area (Å²) in [6, 6.07) is 5.82. The fourth-order valence-corrected chi connectivity index (χ4v) is 3.31. The standard InChI is InChI=1S/C20H23N3O6/c1-13-10-16(14(2)21(13)3)19(24)12-29-20(25)17-11-15(23(26)27)4-5-18(17)22-6-8-28-9-7-22/h4-5,10-11H,6-9,12H2,1-3H3. The third-order valence-electron chi connectivity index (χ3n) is 5.17. The van der Waals surface area contributed by atoms with E-state index >= 15 is 0 Å². The molecule has 2 heterocycles. The van der Waals surface area contributed by atoms with Gasteiger partial charge in [0.2, 0.25) is 5.78 Å². The Kier molecular flexibility index (Phi) is 5.97. The average Bonchev–Trinajstić information content (AvgIpc) is 2.99. The second-order valence-corrected chi connectivity index (χ2v) is 6.90. The maximum atomic E-state index is 12.7. The van der Waals surface area contributed by atoms with Gasteiger partial charge in [-0.25, -0.2) is 4.79 Å². The molecule has 0 bridgehead atoms. The third kappa shape index (κ3) is 4.29. The molecule has 0 saturated carbocycles. The van der Waals surface area contributed by atoms with Gasteiger partial charge in [0.25, 0.3) is 5.69 Å². The van der Waals surface area contributed by atoms with Crippen LogP contribution in [0.5, 0.6) is 0 Å². The Morgan fingerprint density at radius 2 is 1.86 bits per heavy atom. The smallest absolute Gasteiger partial charge is 0.340 e. The van der Waals surface area contributed by atoms with Crippen LogP contribution < -0.4 is 4.90 Å². The zero-order valence-corrected chi connectivity index (χ0v) is 16.6. The van der Waals surface area contributed by atoms with Crippen molar-refractivity contribution in [2.75, 3.05) is 37.8 Å². The molecule has 29 heavy (non-hydrogen) atoms. The van der Waals surface area contributed by atoms with E-state index in [0.717, 1.165) is 11.4 Å². The summed E-state index contributed by atoms with van der Waals surface area (Å²) in [5, 5.41) is 11.1. The quantitative estimate of drug-likeness (QED) is 0.317. The van der Waals surface area contributed by atoms with Crippen molar-refractivity contribution in [2.24, 2.45) is 7.05 Å². The van der Waals surface area contributed by atoms with Gasteiger partial charge in [0.05, 0.1) is 29.4 Å². The van der Waals surface area contributed by atoms with E-state index in [1.54, 1.807) is 6.07 Å². The van der Waals surface area contributed by atoms with Gasteiger partial charge in [0.15, 0.2) is 6.61 Å². The van der Waals surface area contributed by atoms with Crippen molar-refractivity contribution < 1.29 is 24.0 Å². The number of morpholine rings is 1. The predicted octanol–water partition coefficient (Wildman–Crippen LogP) is 2.43. The molecule has 1 aromatic carbocycles. The van der Waals surface area contributed by atoms with Gasteiger partial charge in [0, 0.05) is 49.2 Å². The van der Waals surface area contributed by atoms with Gasteiger partial charge < -0.3 is 18.9 Å². The molecule has 0 amide bonds. The van der Waals surface area contributed by atoms with Crippen LogP contribution in [0.15, 0.2) is 24.3 Å². The summed E-state index contributed by atoms with van der Waals surface area (Å²) in [4.78, 5) is 37.7. The first-order chi connectivity index (χ1) is 13.8. The highest BCUT2D eigenvalue weighted by molar-refractivity contribution is 6.02. The van der Waals surface area contributed by atoms with E-state index < -0.39 is 17.5 Å². The molecule has 2 aromatic rings. The first kappa shape index (κ1) is 20.5. The Hall–Kier alpha value is -3.20. The third-order valence-corrected chi connectivity index (χ3v) is 5.17. The zero-order chi connectivity index (χ0) is 21.1. The van der Waals surface area contributed by atoms with Crippen molar-refractivity contribution in [3.63, 3.8) is 0 Å². The fraction of sp³-hybridized carbons (Fsp3) is 0.400. The van der Waals surface area contributed by atoms with Crippen molar-refractivity contribution >= 4 is 23.1 Å². The monoisotopic (exact) mass is 401 g/mol. The highest BCUT2D eigenvalue weighted by Gasteiger charge is 2.24. The van der Waals surface area contributed by atoms with Crippen LogP contribution in [-0.4, -0.2) is 54.2 Å². The topological polar surface area (TPSA) is 104 Å². The SMILES string of the molecule is Cc1cc(C(=O)COC(=O)c2cc([N+](=O)[O-])ccc2N2CCOCC2)c(C)n1C. The lowest BCUT2D eigenvalue weighted by atomic mass is 10.1. The van der Waals surface area contributed by atoms with Crippen molar-refractivity contribution in [3.8, 4) is 0 Å². The minimum atomic E-state index is -0.770. The zero-order valence-electron chi connectivity index (χ0n) is 16.6. The van der Waals surface area contributed by atoms with Crippen LogP contribution in [0.4, 0.5) is 11.4 Å². The number of anilines is 1. The summed E-state index contributed by atoms with van der Waals surface area (Å²) < 4.78 is 12.4. The van der Waals surface area contributed by atoms with E-state index in [4.69, 9.17) is 9.47 Å². The molecule has 0 N–H and O–H groups in total. The number of ether oxygens (including phenoxy) is 2. The number of hydrogen-bond acceptors (Lipinski definition) is 7. The van der Waals surface area contributed by atoms with E-state index in [0.29, 0.717) is 37.6 Å². The number of non-ortho nitro benzene ring substituents is 1. The van der Waals surface area contributed by atoms with Crippen molar-refractivity contribution in [3.05, 3.63) is 56.9 Å². The molecular formula is C20H23N3O6. The summed E-state index contributed by atoms with van der Waals surface area (Å²) in [6.07, 6.45) is 0. The Morgan fingerprint density at radius 3 is 2.45 bits per heavy atom. The molecular weight excluding hydrogens is 378 g/mol. The summed E-state index contributed by atoms with van der Waals surface area (Å²) in [7, 11) is 1.85. The highest BCUT2D eigenvalue weighted by atomic mass is 16.6. The summed E-state index contributed by atoms with van der Waals surface area (Å²) in [5.74, 6) is -1.09. The van der Waals surface area contributed by atoms with E-state index in [-0.39, 0.29) is 17.0 Å². The summed E-state index contributed by atoms with van der Waals surface area (Å²) in [6.45, 7) is 5.37. The average molecular weight is 401 g/mol. The van der Waals surface area contributed by atoms with Crippen molar-refractivity contribution in [2.45, 2.75) is 13.8 Å². The van der Waals surface area contributed by atoms with Gasteiger partial charge in [-0.3, -0.25) is 14.9 Å². The van der Waals surface area contributed by atoms with Gasteiger partial charge in [-0.05, 0) is 26.0 Å². The molecule has 1 aliphatic rings. The lowest BCUT2D eigenvalue weighted by molar-refractivity contribution is -0.384. The van der Waals surface area contributed by atoms with E-state index in [1.165, 1.54) is 18.2 Å². The molecule has 0 spiro atoms. The molecule has 0 aliphatic carbocycles. The number of rotatable bonds is 6. The number of carbonyl (C=O) groups excluding carboxylic acids is 2. The maximum Gasteiger partial charge on any atom is 0.340 e. The number of Topliss-reactive ketones (excluding diaryl/α,β-unsaturated/α-hetero) is 1. The molecule has 1 fully saturated rings. The lowest BCUT2D eigenvalue weighted by Gasteiger charge is -2.30. The second-order valence-electron chi connectivity index (χ2n) is 6.90. The van der Waals surface area contributed by atoms with Gasteiger partial charge in [0.1, 0.15) is 0 Å². The number of esters is 1. The van der Waals surface area contributed by atoms with Crippen molar-refractivity contribution in [1.82, 2.24) is 4.57 Å². The predicted molar refractivity (Wildman–Crippen MR) is 106 cm³/mol. The van der Waals surface area contributed by atoms with E-state index in [2.05, 4.69) is 0 Å². The largest absolute Gasteiger partial charge is 0.454 e. The van der Waals surface area contributed by atoms with Crippen LogP contribution in [0.1, 0.15) is 32.1 Å². The Morgan fingerprint density at radius 1 is 1.17 bits per heavy atom. The molecule has 154 valence electrons. The Bertz CT molecular complexity index is 959. The van der Waals surface area contributed by atoms with Crippen LogP contribution in [0.2, 0.25) is 0 Å². The number of hydrogen-bond donors (Lipinski definition) is 0. The normalized spacial score (nSPS) is 14.0. The van der Waals surface area contributed by atoms with Crippen LogP contribution >= 0.6 is 0 Å². The minimum Gasteiger partial charge on any atom is -0.454 e. The molecule has 9 nitrogen and oxygen atoms in total. The Labute approximate surface area is 168 Å². The van der Waals surface area contributed by atoms with Crippen LogP contribution in [-0.2, 0) is 16.5 Å². The molecule has 9 heteroatoms. The van der Waals surface area contributed by atoms with Crippen LogP contribution in [0.25, 0.3) is 0 Å². The van der Waals surface area contributed by atoms with Gasteiger partial charge >= 0.3 is 5.97 Å². The Balaban J connectivity index is 1.81. The van der Waals surface area contributed by atoms with Crippen LogP contribution in [0, 0.1) is 24.0 Å². The van der Waals surface area contributed by atoms with Crippen LogP contribution in [0.3, 0.4) is 0 Å². The fourth-order valence-electron chi connectivity index (χ4n) is 3.31. The number of nitro benzene ring substituents is 1. The lowest BCUT2D eigenvalue weighted by Crippen LogP contribution is -2.37. The molecule has 0 atom stereocenters. The molecule has 0 radical (unpaired) electrons. The second kappa shape index (κ2) is 8.44. The minimum absolute atomic E-state index is 0.0647. The molecule has 3 rings (SSSR count). The first-order valence-corrected chi connectivity index (χ1v) is 9.24. The van der Waals surface area contributed by atoms with Crippen molar-refractivity contribution in [1.29, 1.82) is 0 Å². The number of aryl methyl sites for hydroxylation is 1. The number of nitro groups is 1. The first-order valence-electron chi connectivity index (χ1n) is 9.24. The number of carbonyl (C=O) groups is 2. The number of nitrogens with zero attached hydrogens (tertiary/aromatic N) is 3. The van der Waals surface area contributed by atoms with E-state index in [1.807, 2.05) is 30.4 Å². The van der Waals surface area contributed by atoms with Gasteiger partial charge in [-0.2, -0.15) is 0 Å². The number of benzene rings is 1.